The smallest absolute Gasteiger partial charge is 0.0545 e. The van der Waals surface area contributed by atoms with Crippen LogP contribution in [-0.2, 0) is 4.74 Å². The first kappa shape index (κ1) is 10.0. The van der Waals surface area contributed by atoms with Crippen LogP contribution in [0.4, 0.5) is 0 Å². The maximum Gasteiger partial charge on any atom is 0.0545 e. The quantitative estimate of drug-likeness (QED) is 0.692. The monoisotopic (exact) mass is 171 g/mol. The predicted molar refractivity (Wildman–Crippen MR) is 51.2 cm³/mol. The fourth-order valence-electron chi connectivity index (χ4n) is 2.14. The molecule has 12 heavy (non-hydrogen) atoms. The molecule has 1 heterocycles. The van der Waals surface area contributed by atoms with Crippen LogP contribution >= 0.6 is 0 Å². The highest BCUT2D eigenvalue weighted by atomic mass is 16.5. The van der Waals surface area contributed by atoms with Gasteiger partial charge in [-0.3, -0.25) is 0 Å². The number of ether oxygens (including phenoxy) is 1. The zero-order chi connectivity index (χ0) is 9.19. The van der Waals surface area contributed by atoms with Crippen molar-refractivity contribution in [3.05, 3.63) is 0 Å². The van der Waals surface area contributed by atoms with Crippen molar-refractivity contribution >= 4 is 0 Å². The van der Waals surface area contributed by atoms with Gasteiger partial charge in [0.2, 0.25) is 0 Å². The van der Waals surface area contributed by atoms with E-state index in [0.29, 0.717) is 5.41 Å². The lowest BCUT2D eigenvalue weighted by Gasteiger charge is -2.46. The van der Waals surface area contributed by atoms with Gasteiger partial charge in [-0.05, 0) is 25.4 Å². The fraction of sp³-hybridized carbons (Fsp3) is 1.00. The van der Waals surface area contributed by atoms with Crippen LogP contribution in [0.1, 0.15) is 20.8 Å². The molecule has 0 aliphatic carbocycles. The van der Waals surface area contributed by atoms with Crippen LogP contribution in [0.2, 0.25) is 0 Å². The second-order valence-electron chi connectivity index (χ2n) is 4.56. The molecule has 1 unspecified atom stereocenters. The predicted octanol–water partition coefficient (Wildman–Crippen LogP) is 1.51. The third-order valence-corrected chi connectivity index (χ3v) is 2.99. The standard InChI is InChI=1S/C10H21NO/c1-8(2)9(5-11-4)10(3)6-12-7-10/h8-9,11H,5-7H2,1-4H3. The lowest BCUT2D eigenvalue weighted by molar-refractivity contribution is -0.142. The molecule has 2 heteroatoms. The summed E-state index contributed by atoms with van der Waals surface area (Å²) in [5.41, 5.74) is 0.428. The van der Waals surface area contributed by atoms with Crippen LogP contribution in [0.3, 0.4) is 0 Å². The largest absolute Gasteiger partial charge is 0.380 e. The van der Waals surface area contributed by atoms with E-state index >= 15 is 0 Å². The molecule has 1 fully saturated rings. The van der Waals surface area contributed by atoms with E-state index in [0.717, 1.165) is 31.6 Å². The van der Waals surface area contributed by atoms with Crippen LogP contribution in [0.15, 0.2) is 0 Å². The Morgan fingerprint density at radius 2 is 2.00 bits per heavy atom. The van der Waals surface area contributed by atoms with Gasteiger partial charge in [0, 0.05) is 5.41 Å². The van der Waals surface area contributed by atoms with Gasteiger partial charge in [-0.25, -0.2) is 0 Å². The van der Waals surface area contributed by atoms with Crippen molar-refractivity contribution in [1.29, 1.82) is 0 Å². The molecule has 0 aromatic heterocycles. The highest BCUT2D eigenvalue weighted by Crippen LogP contribution is 2.38. The number of hydrogen-bond donors (Lipinski definition) is 1. The summed E-state index contributed by atoms with van der Waals surface area (Å²) in [6.45, 7) is 9.92. The molecule has 0 bridgehead atoms. The van der Waals surface area contributed by atoms with Crippen LogP contribution in [0.5, 0.6) is 0 Å². The molecule has 0 amide bonds. The molecule has 1 N–H and O–H groups in total. The third-order valence-electron chi connectivity index (χ3n) is 2.99. The molecular formula is C10H21NO. The van der Waals surface area contributed by atoms with Gasteiger partial charge in [0.1, 0.15) is 0 Å². The van der Waals surface area contributed by atoms with Crippen molar-refractivity contribution in [3.63, 3.8) is 0 Å². The van der Waals surface area contributed by atoms with Gasteiger partial charge in [0.15, 0.2) is 0 Å². The highest BCUT2D eigenvalue weighted by molar-refractivity contribution is 4.90. The Kier molecular flexibility index (Phi) is 3.13. The summed E-state index contributed by atoms with van der Waals surface area (Å²) >= 11 is 0. The van der Waals surface area contributed by atoms with E-state index in [1.807, 2.05) is 7.05 Å². The van der Waals surface area contributed by atoms with Crippen molar-refractivity contribution in [2.24, 2.45) is 17.3 Å². The molecule has 0 spiro atoms. The summed E-state index contributed by atoms with van der Waals surface area (Å²) in [5, 5.41) is 3.27. The molecule has 0 aromatic rings. The zero-order valence-electron chi connectivity index (χ0n) is 8.68. The molecule has 0 radical (unpaired) electrons. The second kappa shape index (κ2) is 3.75. The molecule has 1 saturated heterocycles. The van der Waals surface area contributed by atoms with Crippen molar-refractivity contribution < 1.29 is 4.74 Å². The third kappa shape index (κ3) is 1.80. The topological polar surface area (TPSA) is 21.3 Å². The van der Waals surface area contributed by atoms with Gasteiger partial charge < -0.3 is 10.1 Å². The SMILES string of the molecule is CNCC(C(C)C)C1(C)COC1. The summed E-state index contributed by atoms with van der Waals surface area (Å²) in [4.78, 5) is 0. The van der Waals surface area contributed by atoms with Gasteiger partial charge in [-0.1, -0.05) is 20.8 Å². The van der Waals surface area contributed by atoms with E-state index in [1.165, 1.54) is 0 Å². The Bertz CT molecular complexity index is 141. The van der Waals surface area contributed by atoms with Crippen LogP contribution in [-0.4, -0.2) is 26.8 Å². The summed E-state index contributed by atoms with van der Waals surface area (Å²) in [6, 6.07) is 0. The van der Waals surface area contributed by atoms with E-state index < -0.39 is 0 Å². The van der Waals surface area contributed by atoms with Gasteiger partial charge in [-0.2, -0.15) is 0 Å². The molecule has 1 atom stereocenters. The van der Waals surface area contributed by atoms with Crippen LogP contribution in [0.25, 0.3) is 0 Å². The number of rotatable bonds is 4. The minimum absolute atomic E-state index is 0.428. The minimum atomic E-state index is 0.428. The zero-order valence-corrected chi connectivity index (χ0v) is 8.68. The Balaban J connectivity index is 2.52. The Morgan fingerprint density at radius 3 is 2.25 bits per heavy atom. The molecular weight excluding hydrogens is 150 g/mol. The van der Waals surface area contributed by atoms with Crippen molar-refractivity contribution in [3.8, 4) is 0 Å². The molecule has 1 aliphatic rings. The average Bonchev–Trinajstić information content (AvgIpc) is 1.95. The molecule has 2 nitrogen and oxygen atoms in total. The van der Waals surface area contributed by atoms with Gasteiger partial charge >= 0.3 is 0 Å². The van der Waals surface area contributed by atoms with Gasteiger partial charge in [0.25, 0.3) is 0 Å². The highest BCUT2D eigenvalue weighted by Gasteiger charge is 2.41. The Labute approximate surface area is 75.7 Å². The molecule has 1 aliphatic heterocycles. The van der Waals surface area contributed by atoms with Crippen molar-refractivity contribution in [2.75, 3.05) is 26.8 Å². The van der Waals surface area contributed by atoms with E-state index in [2.05, 4.69) is 26.1 Å². The van der Waals surface area contributed by atoms with Gasteiger partial charge in [-0.15, -0.1) is 0 Å². The molecule has 1 rings (SSSR count). The average molecular weight is 171 g/mol. The van der Waals surface area contributed by atoms with Crippen molar-refractivity contribution in [2.45, 2.75) is 20.8 Å². The van der Waals surface area contributed by atoms with E-state index in [4.69, 9.17) is 4.74 Å². The Morgan fingerprint density at radius 1 is 1.42 bits per heavy atom. The van der Waals surface area contributed by atoms with E-state index in [9.17, 15) is 0 Å². The maximum absolute atomic E-state index is 5.29. The fourth-order valence-corrected chi connectivity index (χ4v) is 2.14. The number of hydrogen-bond acceptors (Lipinski definition) is 2. The summed E-state index contributed by atoms with van der Waals surface area (Å²) < 4.78 is 5.29. The van der Waals surface area contributed by atoms with E-state index in [-0.39, 0.29) is 0 Å². The summed E-state index contributed by atoms with van der Waals surface area (Å²) in [6.07, 6.45) is 0. The lowest BCUT2D eigenvalue weighted by atomic mass is 9.70. The van der Waals surface area contributed by atoms with Crippen LogP contribution in [0, 0.1) is 17.3 Å². The first-order valence-electron chi connectivity index (χ1n) is 4.82. The maximum atomic E-state index is 5.29. The minimum Gasteiger partial charge on any atom is -0.380 e. The molecule has 0 aromatic carbocycles. The molecule has 72 valence electrons. The van der Waals surface area contributed by atoms with Gasteiger partial charge in [0.05, 0.1) is 13.2 Å². The number of nitrogens with one attached hydrogen (secondary N) is 1. The summed E-state index contributed by atoms with van der Waals surface area (Å²) in [5.74, 6) is 1.49. The first-order valence-corrected chi connectivity index (χ1v) is 4.82. The van der Waals surface area contributed by atoms with E-state index in [1.54, 1.807) is 0 Å². The Hall–Kier alpha value is -0.0800. The normalized spacial score (nSPS) is 23.8. The molecule has 0 saturated carbocycles. The summed E-state index contributed by atoms with van der Waals surface area (Å²) in [7, 11) is 2.03. The lowest BCUT2D eigenvalue weighted by Crippen LogP contribution is -2.50. The van der Waals surface area contributed by atoms with Crippen molar-refractivity contribution in [1.82, 2.24) is 5.32 Å². The second-order valence-corrected chi connectivity index (χ2v) is 4.56. The van der Waals surface area contributed by atoms with Crippen LogP contribution < -0.4 is 5.32 Å². The first-order chi connectivity index (χ1) is 5.60.